The molecule has 15 nitrogen and oxygen atoms in total. The van der Waals surface area contributed by atoms with E-state index in [9.17, 15) is 0 Å². The Kier molecular flexibility index (Phi) is 9.40. The molecule has 4 saturated heterocycles. The molecule has 48 heavy (non-hydrogen) atoms. The number of nitrogens with zero attached hydrogens (tertiary/aromatic N) is 15. The summed E-state index contributed by atoms with van der Waals surface area (Å²) in [5.74, 6) is 5.74. The molecule has 0 atom stereocenters. The standard InChI is InChI=1S/C33H51N15/c1-37-16-38(2)20-43(19-37)28-10-7-13-31(34-28)46-25-47(32-14-8-11-29(35-32)44-21-39(3)17-40(4)22-44)27-48(26-46)33-15-9-12-30(36-33)45-23-41(5)18-42(6)24-45/h7-15H,16-27H2,1-6H3. The smallest absolute Gasteiger partial charge is 0.133 e. The normalized spacial score (nSPS) is 21.9. The first-order valence-electron chi connectivity index (χ1n) is 16.7. The molecule has 4 fully saturated rings. The van der Waals surface area contributed by atoms with E-state index in [-0.39, 0.29) is 0 Å². The molecule has 0 aliphatic carbocycles. The van der Waals surface area contributed by atoms with Gasteiger partial charge < -0.3 is 29.4 Å². The maximum Gasteiger partial charge on any atom is 0.133 e. The molecule has 4 aliphatic heterocycles. The van der Waals surface area contributed by atoms with Crippen molar-refractivity contribution in [1.82, 2.24) is 44.4 Å². The molecule has 0 aromatic carbocycles. The van der Waals surface area contributed by atoms with Crippen molar-refractivity contribution in [2.45, 2.75) is 0 Å². The Labute approximate surface area is 285 Å². The second-order valence-electron chi connectivity index (χ2n) is 14.1. The van der Waals surface area contributed by atoms with Crippen LogP contribution in [0.25, 0.3) is 0 Å². The quantitative estimate of drug-likeness (QED) is 0.382. The third-order valence-electron chi connectivity index (χ3n) is 9.05. The van der Waals surface area contributed by atoms with Crippen LogP contribution in [0, 0.1) is 0 Å². The highest BCUT2D eigenvalue weighted by atomic mass is 15.5. The molecule has 0 radical (unpaired) electrons. The highest BCUT2D eigenvalue weighted by molar-refractivity contribution is 5.58. The Morgan fingerprint density at radius 3 is 0.688 bits per heavy atom. The third kappa shape index (κ3) is 7.36. The van der Waals surface area contributed by atoms with Crippen molar-refractivity contribution in [3.05, 3.63) is 54.6 Å². The predicted octanol–water partition coefficient (Wildman–Crippen LogP) is 1.25. The van der Waals surface area contributed by atoms with Crippen molar-refractivity contribution < 1.29 is 0 Å². The highest BCUT2D eigenvalue weighted by Gasteiger charge is 2.29. The van der Waals surface area contributed by atoms with E-state index in [4.69, 9.17) is 15.0 Å². The van der Waals surface area contributed by atoms with E-state index >= 15 is 0 Å². The van der Waals surface area contributed by atoms with Crippen LogP contribution in [0.5, 0.6) is 0 Å². The van der Waals surface area contributed by atoms with Gasteiger partial charge in [0.1, 0.15) is 34.9 Å². The minimum atomic E-state index is 0.657. The molecule has 0 unspecified atom stereocenters. The zero-order valence-corrected chi connectivity index (χ0v) is 29.4. The molecule has 0 N–H and O–H groups in total. The largest absolute Gasteiger partial charge is 0.330 e. The molecule has 4 aliphatic rings. The Morgan fingerprint density at radius 2 is 0.479 bits per heavy atom. The summed E-state index contributed by atoms with van der Waals surface area (Å²) in [6.45, 7) is 9.85. The van der Waals surface area contributed by atoms with Crippen molar-refractivity contribution in [2.75, 3.05) is 152 Å². The van der Waals surface area contributed by atoms with E-state index < -0.39 is 0 Å². The maximum absolute atomic E-state index is 5.23. The van der Waals surface area contributed by atoms with Crippen molar-refractivity contribution >= 4 is 34.9 Å². The zero-order valence-electron chi connectivity index (χ0n) is 29.4. The third-order valence-corrected chi connectivity index (χ3v) is 9.05. The van der Waals surface area contributed by atoms with Gasteiger partial charge in [-0.25, -0.2) is 15.0 Å². The minimum Gasteiger partial charge on any atom is -0.330 e. The second kappa shape index (κ2) is 13.9. The number of hydrogen-bond acceptors (Lipinski definition) is 15. The van der Waals surface area contributed by atoms with Gasteiger partial charge in [0.05, 0.1) is 80.0 Å². The lowest BCUT2D eigenvalue weighted by Crippen LogP contribution is -2.56. The Morgan fingerprint density at radius 1 is 0.292 bits per heavy atom. The Hall–Kier alpha value is -3.99. The van der Waals surface area contributed by atoms with Gasteiger partial charge in [0.2, 0.25) is 0 Å². The van der Waals surface area contributed by atoms with Crippen molar-refractivity contribution in [2.24, 2.45) is 0 Å². The number of pyridine rings is 3. The first-order chi connectivity index (χ1) is 23.2. The number of anilines is 6. The van der Waals surface area contributed by atoms with Gasteiger partial charge in [-0.05, 0) is 78.7 Å². The van der Waals surface area contributed by atoms with Gasteiger partial charge in [0.15, 0.2) is 0 Å². The van der Waals surface area contributed by atoms with Crippen LogP contribution >= 0.6 is 0 Å². The lowest BCUT2D eigenvalue weighted by Gasteiger charge is -2.45. The monoisotopic (exact) mass is 657 g/mol. The summed E-state index contributed by atoms with van der Waals surface area (Å²) in [6.07, 6.45) is 0. The summed E-state index contributed by atoms with van der Waals surface area (Å²) in [7, 11) is 12.9. The zero-order chi connectivity index (χ0) is 33.4. The Balaban J connectivity index is 1.20. The molecule has 0 spiro atoms. The fourth-order valence-corrected chi connectivity index (χ4v) is 7.30. The van der Waals surface area contributed by atoms with Crippen LogP contribution in [-0.2, 0) is 0 Å². The van der Waals surface area contributed by atoms with E-state index in [1.807, 2.05) is 0 Å². The van der Waals surface area contributed by atoms with Crippen LogP contribution in [0.1, 0.15) is 0 Å². The molecule has 0 bridgehead atoms. The maximum atomic E-state index is 5.23. The van der Waals surface area contributed by atoms with Gasteiger partial charge in [-0.1, -0.05) is 18.2 Å². The Bertz CT molecular complexity index is 1320. The minimum absolute atomic E-state index is 0.657. The lowest BCUT2D eigenvalue weighted by molar-refractivity contribution is 0.134. The van der Waals surface area contributed by atoms with Crippen LogP contribution in [0.4, 0.5) is 34.9 Å². The highest BCUT2D eigenvalue weighted by Crippen LogP contribution is 2.29. The van der Waals surface area contributed by atoms with Gasteiger partial charge >= 0.3 is 0 Å². The second-order valence-corrected chi connectivity index (χ2v) is 14.1. The van der Waals surface area contributed by atoms with Gasteiger partial charge in [-0.3, -0.25) is 29.4 Å². The fourth-order valence-electron chi connectivity index (χ4n) is 7.30. The van der Waals surface area contributed by atoms with E-state index in [0.717, 1.165) is 94.9 Å². The molecule has 0 amide bonds. The summed E-state index contributed by atoms with van der Waals surface area (Å²) >= 11 is 0. The molecule has 15 heteroatoms. The van der Waals surface area contributed by atoms with Crippen molar-refractivity contribution in [3.63, 3.8) is 0 Å². The molecule has 7 heterocycles. The van der Waals surface area contributed by atoms with E-state index in [0.29, 0.717) is 20.0 Å². The van der Waals surface area contributed by atoms with Gasteiger partial charge in [-0.2, -0.15) is 0 Å². The van der Waals surface area contributed by atoms with Gasteiger partial charge in [0.25, 0.3) is 0 Å². The summed E-state index contributed by atoms with van der Waals surface area (Å²) in [4.78, 5) is 43.4. The van der Waals surface area contributed by atoms with Crippen LogP contribution in [0.3, 0.4) is 0 Å². The summed E-state index contributed by atoms with van der Waals surface area (Å²) < 4.78 is 0. The number of aromatic nitrogens is 3. The molecular weight excluding hydrogens is 606 g/mol. The number of hydrogen-bond donors (Lipinski definition) is 0. The van der Waals surface area contributed by atoms with Crippen molar-refractivity contribution in [3.8, 4) is 0 Å². The van der Waals surface area contributed by atoms with E-state index in [2.05, 4.69) is 156 Å². The van der Waals surface area contributed by atoms with Crippen LogP contribution in [-0.4, -0.2) is 167 Å². The first-order valence-corrected chi connectivity index (χ1v) is 16.7. The topological polar surface area (TPSA) is 77.6 Å². The number of rotatable bonds is 6. The molecule has 7 rings (SSSR count). The lowest BCUT2D eigenvalue weighted by atomic mass is 10.3. The molecule has 3 aromatic heterocycles. The van der Waals surface area contributed by atoms with Crippen LogP contribution in [0.2, 0.25) is 0 Å². The molecular formula is C33H51N15. The summed E-state index contributed by atoms with van der Waals surface area (Å²) in [5, 5.41) is 0. The summed E-state index contributed by atoms with van der Waals surface area (Å²) in [5.41, 5.74) is 0. The average Bonchev–Trinajstić information content (AvgIpc) is 3.07. The predicted molar refractivity (Wildman–Crippen MR) is 193 cm³/mol. The SMILES string of the molecule is CN1CN(C)CN(c2cccc(N3CN(c4cccc(N5CN(C)CN(C)C5)n4)CN(c4cccc(N5CN(C)CN(C)C5)n4)C3)n2)C1. The fraction of sp³-hybridized carbons (Fsp3) is 0.545. The van der Waals surface area contributed by atoms with Crippen LogP contribution < -0.4 is 29.4 Å². The molecule has 0 saturated carbocycles. The van der Waals surface area contributed by atoms with Crippen molar-refractivity contribution in [1.29, 1.82) is 0 Å². The van der Waals surface area contributed by atoms with Gasteiger partial charge in [-0.15, -0.1) is 0 Å². The molecule has 3 aromatic rings. The molecule has 258 valence electrons. The summed E-state index contributed by atoms with van der Waals surface area (Å²) in [6, 6.07) is 19.1. The first kappa shape index (κ1) is 32.6. The average molecular weight is 658 g/mol. The van der Waals surface area contributed by atoms with Gasteiger partial charge in [0, 0.05) is 0 Å². The van der Waals surface area contributed by atoms with E-state index in [1.54, 1.807) is 0 Å². The van der Waals surface area contributed by atoms with Crippen LogP contribution in [0.15, 0.2) is 54.6 Å². The van der Waals surface area contributed by atoms with E-state index in [1.165, 1.54) is 0 Å².